The first-order valence-corrected chi connectivity index (χ1v) is 9.20. The SMILES string of the molecule is Nc1nonc1-n1nnc(C(=O)N/N=C\c2ccccc2Cl)c1-c1cccc([N+](=O)[O-])c1. The molecule has 2 aromatic carbocycles. The molecule has 0 unspecified atom stereocenters. The number of aromatic nitrogens is 5. The lowest BCUT2D eigenvalue weighted by Gasteiger charge is -2.06. The Bertz CT molecular complexity index is 1350. The van der Waals surface area contributed by atoms with Gasteiger partial charge in [0.1, 0.15) is 5.69 Å². The number of carbonyl (C=O) groups excluding carboxylic acids is 1. The monoisotopic (exact) mass is 453 g/mol. The summed E-state index contributed by atoms with van der Waals surface area (Å²) in [5.74, 6) is -0.904. The van der Waals surface area contributed by atoms with Crippen molar-refractivity contribution in [2.75, 3.05) is 5.73 Å². The summed E-state index contributed by atoms with van der Waals surface area (Å²) >= 11 is 6.06. The maximum atomic E-state index is 12.8. The first-order valence-electron chi connectivity index (χ1n) is 8.82. The molecule has 2 aromatic heterocycles. The lowest BCUT2D eigenvalue weighted by Crippen LogP contribution is -2.19. The molecule has 0 atom stereocenters. The van der Waals surface area contributed by atoms with Crippen LogP contribution in [0.1, 0.15) is 16.1 Å². The number of rotatable bonds is 6. The van der Waals surface area contributed by atoms with E-state index in [1.54, 1.807) is 24.3 Å². The summed E-state index contributed by atoms with van der Waals surface area (Å²) in [6.45, 7) is 0. The average molecular weight is 454 g/mol. The molecule has 0 radical (unpaired) electrons. The summed E-state index contributed by atoms with van der Waals surface area (Å²) in [6.07, 6.45) is 1.36. The summed E-state index contributed by atoms with van der Waals surface area (Å²) < 4.78 is 5.68. The molecule has 0 aliphatic heterocycles. The van der Waals surface area contributed by atoms with Crippen molar-refractivity contribution in [3.63, 3.8) is 0 Å². The van der Waals surface area contributed by atoms with Crippen LogP contribution in [-0.2, 0) is 0 Å². The number of nitrogens with one attached hydrogen (secondary N) is 1. The highest BCUT2D eigenvalue weighted by molar-refractivity contribution is 6.33. The summed E-state index contributed by atoms with van der Waals surface area (Å²) in [4.78, 5) is 23.4. The van der Waals surface area contributed by atoms with Gasteiger partial charge >= 0.3 is 0 Å². The molecule has 0 saturated carbocycles. The molecule has 160 valence electrons. The van der Waals surface area contributed by atoms with Gasteiger partial charge in [0, 0.05) is 28.3 Å². The molecule has 4 aromatic rings. The standard InChI is InChI=1S/C18H12ClN9O4/c19-13-7-2-1-4-11(13)9-21-23-18(29)14-15(10-5-3-6-12(8-10)28(30)31)27(26-22-14)17-16(20)24-32-25-17/h1-9H,(H2,20,24)(H,23,29)/b21-9-. The van der Waals surface area contributed by atoms with Gasteiger partial charge in [-0.2, -0.15) is 9.78 Å². The maximum absolute atomic E-state index is 12.8. The second-order valence-corrected chi connectivity index (χ2v) is 6.61. The molecular formula is C18H12ClN9O4. The highest BCUT2D eigenvalue weighted by Crippen LogP contribution is 2.29. The van der Waals surface area contributed by atoms with E-state index in [-0.39, 0.29) is 34.3 Å². The van der Waals surface area contributed by atoms with Crippen molar-refractivity contribution >= 4 is 35.2 Å². The van der Waals surface area contributed by atoms with E-state index in [0.717, 1.165) is 4.68 Å². The normalized spacial score (nSPS) is 11.0. The van der Waals surface area contributed by atoms with Gasteiger partial charge in [0.2, 0.25) is 11.6 Å². The molecule has 0 bridgehead atoms. The Kier molecular flexibility index (Phi) is 5.55. The van der Waals surface area contributed by atoms with Crippen molar-refractivity contribution in [3.8, 4) is 17.1 Å². The molecular weight excluding hydrogens is 442 g/mol. The first kappa shape index (κ1) is 20.6. The van der Waals surface area contributed by atoms with Crippen molar-refractivity contribution in [1.29, 1.82) is 0 Å². The second-order valence-electron chi connectivity index (χ2n) is 6.20. The van der Waals surface area contributed by atoms with E-state index >= 15 is 0 Å². The molecule has 0 fully saturated rings. The van der Waals surface area contributed by atoms with Gasteiger partial charge in [-0.15, -0.1) is 5.10 Å². The number of nitrogens with zero attached hydrogens (tertiary/aromatic N) is 7. The van der Waals surface area contributed by atoms with Gasteiger partial charge in [-0.1, -0.05) is 47.1 Å². The lowest BCUT2D eigenvalue weighted by atomic mass is 10.1. The minimum absolute atomic E-state index is 0.0439. The van der Waals surface area contributed by atoms with Crippen LogP contribution in [0.3, 0.4) is 0 Å². The highest BCUT2D eigenvalue weighted by Gasteiger charge is 2.26. The van der Waals surface area contributed by atoms with Gasteiger partial charge in [0.05, 0.1) is 11.1 Å². The van der Waals surface area contributed by atoms with Crippen LogP contribution in [0.4, 0.5) is 11.5 Å². The number of hydrogen-bond donors (Lipinski definition) is 2. The van der Waals surface area contributed by atoms with Crippen molar-refractivity contribution in [2.24, 2.45) is 5.10 Å². The number of benzene rings is 2. The average Bonchev–Trinajstić information content (AvgIpc) is 3.41. The fourth-order valence-electron chi connectivity index (χ4n) is 2.74. The van der Waals surface area contributed by atoms with Crippen LogP contribution in [0, 0.1) is 10.1 Å². The largest absolute Gasteiger partial charge is 0.378 e. The maximum Gasteiger partial charge on any atom is 0.294 e. The van der Waals surface area contributed by atoms with Crippen LogP contribution in [0.2, 0.25) is 5.02 Å². The minimum atomic E-state index is -0.740. The molecule has 2 heterocycles. The summed E-state index contributed by atoms with van der Waals surface area (Å²) in [6, 6.07) is 12.4. The Hall–Kier alpha value is -4.65. The summed E-state index contributed by atoms with van der Waals surface area (Å²) in [5.41, 5.74) is 8.58. The minimum Gasteiger partial charge on any atom is -0.378 e. The molecule has 1 amide bonds. The van der Waals surface area contributed by atoms with Crippen LogP contribution in [0.25, 0.3) is 17.1 Å². The van der Waals surface area contributed by atoms with Gasteiger partial charge in [-0.3, -0.25) is 14.9 Å². The number of nitro groups is 1. The van der Waals surface area contributed by atoms with Gasteiger partial charge in [-0.25, -0.2) is 10.1 Å². The molecule has 3 N–H and O–H groups in total. The summed E-state index contributed by atoms with van der Waals surface area (Å²) in [5, 5.41) is 30.4. The van der Waals surface area contributed by atoms with Crippen molar-refractivity contribution < 1.29 is 14.3 Å². The topological polar surface area (TPSA) is 180 Å². The van der Waals surface area contributed by atoms with E-state index in [1.807, 2.05) is 0 Å². The fourth-order valence-corrected chi connectivity index (χ4v) is 2.92. The van der Waals surface area contributed by atoms with E-state index in [2.05, 4.69) is 35.8 Å². The smallest absolute Gasteiger partial charge is 0.294 e. The first-order chi connectivity index (χ1) is 15.5. The number of non-ortho nitro benzene ring substituents is 1. The van der Waals surface area contributed by atoms with E-state index in [1.165, 1.54) is 30.5 Å². The van der Waals surface area contributed by atoms with Crippen LogP contribution in [0.5, 0.6) is 0 Å². The molecule has 32 heavy (non-hydrogen) atoms. The zero-order valence-corrected chi connectivity index (χ0v) is 16.7. The third-order valence-corrected chi connectivity index (χ3v) is 4.53. The zero-order chi connectivity index (χ0) is 22.7. The third-order valence-electron chi connectivity index (χ3n) is 4.19. The molecule has 0 aliphatic carbocycles. The van der Waals surface area contributed by atoms with Gasteiger partial charge in [0.25, 0.3) is 11.6 Å². The van der Waals surface area contributed by atoms with Crippen LogP contribution >= 0.6 is 11.6 Å². The molecule has 4 rings (SSSR count). The molecule has 13 nitrogen and oxygen atoms in total. The molecule has 0 aliphatic rings. The Morgan fingerprint density at radius 2 is 2.06 bits per heavy atom. The number of hydrazone groups is 1. The van der Waals surface area contributed by atoms with Crippen molar-refractivity contribution in [2.45, 2.75) is 0 Å². The predicted octanol–water partition coefficient (Wildman–Crippen LogP) is 2.22. The van der Waals surface area contributed by atoms with E-state index in [4.69, 9.17) is 17.3 Å². The van der Waals surface area contributed by atoms with Crippen LogP contribution in [-0.4, -0.2) is 42.4 Å². The second kappa shape index (κ2) is 8.61. The Balaban J connectivity index is 1.74. The number of amides is 1. The van der Waals surface area contributed by atoms with Crippen molar-refractivity contribution in [1.82, 2.24) is 30.7 Å². The van der Waals surface area contributed by atoms with Gasteiger partial charge in [-0.05, 0) is 16.4 Å². The Morgan fingerprint density at radius 3 is 2.78 bits per heavy atom. The van der Waals surface area contributed by atoms with E-state index < -0.39 is 10.8 Å². The number of hydrogen-bond acceptors (Lipinski definition) is 10. The van der Waals surface area contributed by atoms with E-state index in [0.29, 0.717) is 10.6 Å². The van der Waals surface area contributed by atoms with Crippen LogP contribution in [0.15, 0.2) is 58.3 Å². The number of nitro benzene ring substituents is 1. The quantitative estimate of drug-likeness (QED) is 0.251. The number of anilines is 1. The lowest BCUT2D eigenvalue weighted by molar-refractivity contribution is -0.384. The number of carbonyl (C=O) groups is 1. The molecule has 0 saturated heterocycles. The fraction of sp³-hybridized carbons (Fsp3) is 0. The van der Waals surface area contributed by atoms with Crippen molar-refractivity contribution in [3.05, 3.63) is 74.9 Å². The van der Waals surface area contributed by atoms with Crippen LogP contribution < -0.4 is 11.2 Å². The zero-order valence-electron chi connectivity index (χ0n) is 15.9. The van der Waals surface area contributed by atoms with Gasteiger partial charge in [0.15, 0.2) is 5.69 Å². The predicted molar refractivity (Wildman–Crippen MR) is 112 cm³/mol. The Morgan fingerprint density at radius 1 is 1.25 bits per heavy atom. The summed E-state index contributed by atoms with van der Waals surface area (Å²) in [7, 11) is 0. The number of nitrogens with two attached hydrogens (primary N) is 1. The van der Waals surface area contributed by atoms with Gasteiger partial charge < -0.3 is 5.73 Å². The number of halogens is 1. The van der Waals surface area contributed by atoms with E-state index in [9.17, 15) is 14.9 Å². The molecule has 0 spiro atoms. The highest BCUT2D eigenvalue weighted by atomic mass is 35.5. The Labute approximate surface area is 183 Å². The number of nitrogen functional groups attached to an aromatic ring is 1. The third kappa shape index (κ3) is 3.99. The molecule has 14 heteroatoms.